The molecule has 4 atom stereocenters. The Balaban J connectivity index is 2.87. The highest BCUT2D eigenvalue weighted by Crippen LogP contribution is 2.04. The van der Waals surface area contributed by atoms with Crippen molar-refractivity contribution in [3.63, 3.8) is 0 Å². The van der Waals surface area contributed by atoms with E-state index >= 15 is 0 Å². The highest BCUT2D eigenvalue weighted by atomic mass is 16.4. The molecule has 0 aliphatic heterocycles. The van der Waals surface area contributed by atoms with Crippen LogP contribution in [0.2, 0.25) is 0 Å². The van der Waals surface area contributed by atoms with Crippen LogP contribution >= 0.6 is 0 Å². The predicted molar refractivity (Wildman–Crippen MR) is 118 cm³/mol. The van der Waals surface area contributed by atoms with E-state index in [0.29, 0.717) is 0 Å². The van der Waals surface area contributed by atoms with E-state index in [1.807, 2.05) is 5.32 Å². The third-order valence-electron chi connectivity index (χ3n) is 4.72. The number of nitrogens with two attached hydrogens (primary N) is 1. The van der Waals surface area contributed by atoms with Gasteiger partial charge in [0.25, 0.3) is 0 Å². The quantitative estimate of drug-likeness (QED) is 0.125. The average Bonchev–Trinajstić information content (AvgIpc) is 2.79. The zero-order chi connectivity index (χ0) is 26.5. The summed E-state index contributed by atoms with van der Waals surface area (Å²) in [5.41, 5.74) is 6.60. The zero-order valence-electron chi connectivity index (χ0n) is 18.5. The summed E-state index contributed by atoms with van der Waals surface area (Å²) in [7, 11) is 0. The molecule has 14 nitrogen and oxygen atoms in total. The molecule has 4 unspecified atom stereocenters. The van der Waals surface area contributed by atoms with Crippen molar-refractivity contribution in [2.75, 3.05) is 6.61 Å². The molecule has 35 heavy (non-hydrogen) atoms. The minimum Gasteiger partial charge on any atom is -0.481 e. The molecule has 3 amide bonds. The second kappa shape index (κ2) is 14.3. The lowest BCUT2D eigenvalue weighted by Gasteiger charge is -2.24. The minimum atomic E-state index is -1.84. The summed E-state index contributed by atoms with van der Waals surface area (Å²) in [4.78, 5) is 70.4. The zero-order valence-corrected chi connectivity index (χ0v) is 18.5. The molecule has 0 aliphatic rings. The second-order valence-corrected chi connectivity index (χ2v) is 7.53. The van der Waals surface area contributed by atoms with Gasteiger partial charge in [0.2, 0.25) is 17.7 Å². The molecule has 1 aromatic carbocycles. The van der Waals surface area contributed by atoms with Gasteiger partial charge in [-0.05, 0) is 18.4 Å². The monoisotopic (exact) mass is 496 g/mol. The summed E-state index contributed by atoms with van der Waals surface area (Å²) < 4.78 is 0. The van der Waals surface area contributed by atoms with Gasteiger partial charge in [0.15, 0.2) is 0 Å². The van der Waals surface area contributed by atoms with Crippen molar-refractivity contribution in [3.05, 3.63) is 35.9 Å². The standard InChI is InChI=1S/C21H28N4O10/c22-12(8-11-4-2-1-3-5-11)18(31)25-15(10-26)20(33)23-13(6-7-16(27)28)19(32)24-14(21(34)35)9-17(29)30/h1-5,12-15,26H,6-10,22H2,(H,23,33)(H,24,32)(H,25,31)(H,27,28)(H,29,30)(H,34,35). The van der Waals surface area contributed by atoms with E-state index in [-0.39, 0.29) is 6.42 Å². The predicted octanol–water partition coefficient (Wildman–Crippen LogP) is -2.57. The van der Waals surface area contributed by atoms with Crippen LogP contribution in [-0.2, 0) is 35.2 Å². The minimum absolute atomic E-state index is 0.135. The number of carboxylic acid groups (broad SMARTS) is 3. The summed E-state index contributed by atoms with van der Waals surface area (Å²) in [5.74, 6) is -7.49. The van der Waals surface area contributed by atoms with E-state index in [0.717, 1.165) is 5.56 Å². The normalized spacial score (nSPS) is 14.0. The van der Waals surface area contributed by atoms with Crippen LogP contribution < -0.4 is 21.7 Å². The molecule has 0 spiro atoms. The Morgan fingerprint density at radius 3 is 1.83 bits per heavy atom. The summed E-state index contributed by atoms with van der Waals surface area (Å²) >= 11 is 0. The van der Waals surface area contributed by atoms with Gasteiger partial charge in [-0.1, -0.05) is 30.3 Å². The van der Waals surface area contributed by atoms with Crippen molar-refractivity contribution in [2.24, 2.45) is 5.73 Å². The number of aliphatic hydroxyl groups excluding tert-OH is 1. The highest BCUT2D eigenvalue weighted by Gasteiger charge is 2.31. The molecule has 1 rings (SSSR count). The van der Waals surface area contributed by atoms with E-state index in [1.165, 1.54) is 0 Å². The van der Waals surface area contributed by atoms with E-state index < -0.39 is 85.7 Å². The Morgan fingerprint density at radius 2 is 1.31 bits per heavy atom. The number of rotatable bonds is 15. The van der Waals surface area contributed by atoms with Crippen LogP contribution in [0.4, 0.5) is 0 Å². The lowest BCUT2D eigenvalue weighted by Crippen LogP contribution is -2.58. The first-order valence-corrected chi connectivity index (χ1v) is 10.4. The van der Waals surface area contributed by atoms with Crippen LogP contribution in [0, 0.1) is 0 Å². The summed E-state index contributed by atoms with van der Waals surface area (Å²) in [6.45, 7) is -0.889. The smallest absolute Gasteiger partial charge is 0.326 e. The summed E-state index contributed by atoms with van der Waals surface area (Å²) in [6.07, 6.45) is -1.91. The SMILES string of the molecule is NC(Cc1ccccc1)C(=O)NC(CO)C(=O)NC(CCC(=O)O)C(=O)NC(CC(=O)O)C(=O)O. The molecule has 1 aromatic rings. The first kappa shape index (κ1) is 29.0. The van der Waals surface area contributed by atoms with Gasteiger partial charge in [0, 0.05) is 6.42 Å². The number of benzene rings is 1. The Bertz CT molecular complexity index is 924. The Kier molecular flexibility index (Phi) is 11.8. The molecular formula is C21H28N4O10. The molecule has 14 heteroatoms. The maximum absolute atomic E-state index is 12.6. The fraction of sp³-hybridized carbons (Fsp3) is 0.429. The molecule has 0 saturated carbocycles. The molecule has 0 aromatic heterocycles. The van der Waals surface area contributed by atoms with Crippen LogP contribution in [0.25, 0.3) is 0 Å². The fourth-order valence-electron chi connectivity index (χ4n) is 2.89. The van der Waals surface area contributed by atoms with Crippen LogP contribution in [0.15, 0.2) is 30.3 Å². The Hall–Kier alpha value is -4.04. The number of hydrogen-bond donors (Lipinski definition) is 8. The maximum atomic E-state index is 12.6. The van der Waals surface area contributed by atoms with Crippen molar-refractivity contribution in [1.82, 2.24) is 16.0 Å². The number of aliphatic carboxylic acids is 3. The fourth-order valence-corrected chi connectivity index (χ4v) is 2.89. The number of aliphatic hydroxyl groups is 1. The van der Waals surface area contributed by atoms with E-state index in [4.69, 9.17) is 21.1 Å². The molecule has 0 fully saturated rings. The highest BCUT2D eigenvalue weighted by molar-refractivity contribution is 5.94. The molecule has 0 aliphatic carbocycles. The van der Waals surface area contributed by atoms with Crippen molar-refractivity contribution in [2.45, 2.75) is 49.9 Å². The van der Waals surface area contributed by atoms with Crippen molar-refractivity contribution >= 4 is 35.6 Å². The molecule has 0 bridgehead atoms. The van der Waals surface area contributed by atoms with Gasteiger partial charge in [-0.15, -0.1) is 0 Å². The number of nitrogens with one attached hydrogen (secondary N) is 3. The van der Waals surface area contributed by atoms with Gasteiger partial charge in [0.1, 0.15) is 18.1 Å². The number of carbonyl (C=O) groups excluding carboxylic acids is 3. The topological polar surface area (TPSA) is 245 Å². The van der Waals surface area contributed by atoms with Crippen molar-refractivity contribution in [1.29, 1.82) is 0 Å². The Morgan fingerprint density at radius 1 is 0.771 bits per heavy atom. The molecule has 0 heterocycles. The number of carboxylic acids is 3. The summed E-state index contributed by atoms with van der Waals surface area (Å²) in [6, 6.07) is 2.68. The molecule has 192 valence electrons. The molecular weight excluding hydrogens is 468 g/mol. The summed E-state index contributed by atoms with van der Waals surface area (Å²) in [5, 5.41) is 42.6. The van der Waals surface area contributed by atoms with E-state index in [1.54, 1.807) is 30.3 Å². The van der Waals surface area contributed by atoms with Gasteiger partial charge in [-0.2, -0.15) is 0 Å². The second-order valence-electron chi connectivity index (χ2n) is 7.53. The van der Waals surface area contributed by atoms with Gasteiger partial charge in [-0.3, -0.25) is 24.0 Å². The van der Waals surface area contributed by atoms with Gasteiger partial charge in [-0.25, -0.2) is 4.79 Å². The first-order valence-electron chi connectivity index (χ1n) is 10.4. The molecule has 0 radical (unpaired) electrons. The maximum Gasteiger partial charge on any atom is 0.326 e. The lowest BCUT2D eigenvalue weighted by atomic mass is 10.1. The average molecular weight is 496 g/mol. The van der Waals surface area contributed by atoms with Crippen molar-refractivity contribution in [3.8, 4) is 0 Å². The molecule has 0 saturated heterocycles. The number of hydrogen-bond acceptors (Lipinski definition) is 8. The number of carbonyl (C=O) groups is 6. The van der Waals surface area contributed by atoms with Crippen LogP contribution in [0.5, 0.6) is 0 Å². The largest absolute Gasteiger partial charge is 0.481 e. The number of amides is 3. The first-order chi connectivity index (χ1) is 16.4. The van der Waals surface area contributed by atoms with Crippen LogP contribution in [0.1, 0.15) is 24.8 Å². The van der Waals surface area contributed by atoms with E-state index in [2.05, 4.69) is 10.6 Å². The van der Waals surface area contributed by atoms with Gasteiger partial charge in [0.05, 0.1) is 19.1 Å². The van der Waals surface area contributed by atoms with Crippen LogP contribution in [-0.4, -0.2) is 86.8 Å². The van der Waals surface area contributed by atoms with Gasteiger partial charge >= 0.3 is 17.9 Å². The third-order valence-corrected chi connectivity index (χ3v) is 4.72. The lowest BCUT2D eigenvalue weighted by molar-refractivity contribution is -0.147. The van der Waals surface area contributed by atoms with Crippen molar-refractivity contribution < 1.29 is 49.2 Å². The third kappa shape index (κ3) is 10.6. The Labute approximate surface area is 199 Å². The van der Waals surface area contributed by atoms with Crippen LogP contribution in [0.3, 0.4) is 0 Å². The van der Waals surface area contributed by atoms with Gasteiger partial charge < -0.3 is 42.1 Å². The molecule has 9 N–H and O–H groups in total. The van der Waals surface area contributed by atoms with E-state index in [9.17, 15) is 33.9 Å².